The number of hydrogen-bond donors (Lipinski definition) is 2. The fourth-order valence-electron chi connectivity index (χ4n) is 5.02. The Morgan fingerprint density at radius 1 is 0.786 bits per heavy atom. The number of hydrogen-bond acceptors (Lipinski definition) is 2. The third-order valence-corrected chi connectivity index (χ3v) is 6.09. The predicted octanol–water partition coefficient (Wildman–Crippen LogP) is 4.46. The lowest BCUT2D eigenvalue weighted by atomic mass is 9.83. The maximum Gasteiger partial charge on any atom is 0.194 e. The van der Waals surface area contributed by atoms with E-state index in [1.54, 1.807) is 0 Å². The lowest BCUT2D eigenvalue weighted by Gasteiger charge is -2.37. The third-order valence-electron chi connectivity index (χ3n) is 6.09. The van der Waals surface area contributed by atoms with Crippen molar-refractivity contribution in [2.24, 2.45) is 5.73 Å². The van der Waals surface area contributed by atoms with Gasteiger partial charge in [-0.05, 0) is 74.9 Å². The number of guanidine groups is 1. The van der Waals surface area contributed by atoms with Gasteiger partial charge < -0.3 is 15.5 Å². The van der Waals surface area contributed by atoms with Crippen LogP contribution in [0.25, 0.3) is 0 Å². The van der Waals surface area contributed by atoms with Crippen molar-refractivity contribution in [3.05, 3.63) is 68.8 Å². The zero-order chi connectivity index (χ0) is 20.7. The van der Waals surface area contributed by atoms with Gasteiger partial charge in [-0.25, -0.2) is 0 Å². The summed E-state index contributed by atoms with van der Waals surface area (Å²) in [6.07, 6.45) is 0. The minimum absolute atomic E-state index is 0.0573. The standard InChI is InChI=1S/C24H34N4/c1-14-10-16(3)20(17(4)11-14)22(25)23(28-9-8-27(7)24(28)26)21-18(5)12-15(2)13-19(21)6/h10-13,22-23,26H,8-9,25H2,1-7H3/t22-,23-/m0/s1. The molecule has 2 atom stereocenters. The van der Waals surface area contributed by atoms with Gasteiger partial charge in [-0.3, -0.25) is 5.41 Å². The van der Waals surface area contributed by atoms with Gasteiger partial charge in [-0.15, -0.1) is 0 Å². The van der Waals surface area contributed by atoms with E-state index in [0.717, 1.165) is 13.1 Å². The molecule has 150 valence electrons. The minimum atomic E-state index is -0.201. The molecule has 0 bridgehead atoms. The maximum atomic E-state index is 8.67. The van der Waals surface area contributed by atoms with Crippen molar-refractivity contribution in [3.63, 3.8) is 0 Å². The van der Waals surface area contributed by atoms with Gasteiger partial charge in [-0.1, -0.05) is 35.4 Å². The number of nitrogens with one attached hydrogen (secondary N) is 1. The van der Waals surface area contributed by atoms with Crippen molar-refractivity contribution in [2.75, 3.05) is 20.1 Å². The van der Waals surface area contributed by atoms with E-state index >= 15 is 0 Å². The van der Waals surface area contributed by atoms with Crippen LogP contribution in [-0.4, -0.2) is 35.9 Å². The summed E-state index contributed by atoms with van der Waals surface area (Å²) >= 11 is 0. The van der Waals surface area contributed by atoms with Crippen molar-refractivity contribution >= 4 is 5.96 Å². The average Bonchev–Trinajstić information content (AvgIpc) is 2.89. The van der Waals surface area contributed by atoms with E-state index in [9.17, 15) is 0 Å². The largest absolute Gasteiger partial charge is 0.344 e. The Hall–Kier alpha value is -2.33. The highest BCUT2D eigenvalue weighted by Crippen LogP contribution is 2.40. The molecule has 3 N–H and O–H groups in total. The summed E-state index contributed by atoms with van der Waals surface area (Å²) in [5.74, 6) is 0.558. The van der Waals surface area contributed by atoms with Crippen molar-refractivity contribution in [1.82, 2.24) is 9.80 Å². The van der Waals surface area contributed by atoms with Gasteiger partial charge in [0.2, 0.25) is 0 Å². The second kappa shape index (κ2) is 7.59. The van der Waals surface area contributed by atoms with E-state index in [0.29, 0.717) is 5.96 Å². The fourth-order valence-corrected chi connectivity index (χ4v) is 5.02. The van der Waals surface area contributed by atoms with Crippen LogP contribution in [0.4, 0.5) is 0 Å². The summed E-state index contributed by atoms with van der Waals surface area (Å²) in [7, 11) is 1.99. The fraction of sp³-hybridized carbons (Fsp3) is 0.458. The molecule has 2 aromatic rings. The third kappa shape index (κ3) is 3.53. The van der Waals surface area contributed by atoms with Gasteiger partial charge in [0.1, 0.15) is 0 Å². The summed E-state index contributed by atoms with van der Waals surface area (Å²) in [6, 6.07) is 8.65. The molecule has 0 unspecified atom stereocenters. The molecule has 1 aliphatic rings. The molecule has 1 saturated heterocycles. The van der Waals surface area contributed by atoms with Crippen LogP contribution in [0.3, 0.4) is 0 Å². The second-order valence-electron chi connectivity index (χ2n) is 8.53. The zero-order valence-electron chi connectivity index (χ0n) is 18.4. The lowest BCUT2D eigenvalue weighted by molar-refractivity contribution is 0.294. The highest BCUT2D eigenvalue weighted by molar-refractivity contribution is 5.79. The van der Waals surface area contributed by atoms with Crippen molar-refractivity contribution in [1.29, 1.82) is 5.41 Å². The molecule has 0 radical (unpaired) electrons. The summed E-state index contributed by atoms with van der Waals surface area (Å²) in [5, 5.41) is 8.67. The van der Waals surface area contributed by atoms with Crippen molar-refractivity contribution in [3.8, 4) is 0 Å². The minimum Gasteiger partial charge on any atom is -0.344 e. The Morgan fingerprint density at radius 2 is 1.21 bits per heavy atom. The Bertz CT molecular complexity index is 869. The number of nitrogens with zero attached hydrogens (tertiary/aromatic N) is 2. The average molecular weight is 379 g/mol. The number of rotatable bonds is 4. The smallest absolute Gasteiger partial charge is 0.194 e. The van der Waals surface area contributed by atoms with E-state index in [1.165, 1.54) is 44.5 Å². The Balaban J connectivity index is 2.20. The molecule has 0 aromatic heterocycles. The van der Waals surface area contributed by atoms with Crippen molar-refractivity contribution in [2.45, 2.75) is 53.6 Å². The van der Waals surface area contributed by atoms with E-state index in [1.807, 2.05) is 11.9 Å². The van der Waals surface area contributed by atoms with Gasteiger partial charge in [-0.2, -0.15) is 0 Å². The van der Waals surface area contributed by atoms with Crippen LogP contribution >= 0.6 is 0 Å². The molecule has 0 aliphatic carbocycles. The first kappa shape index (κ1) is 20.4. The van der Waals surface area contributed by atoms with Crippen LogP contribution in [0.5, 0.6) is 0 Å². The van der Waals surface area contributed by atoms with Gasteiger partial charge in [0.05, 0.1) is 12.1 Å². The Labute approximate surface area is 169 Å². The molecule has 0 spiro atoms. The predicted molar refractivity (Wildman–Crippen MR) is 118 cm³/mol. The topological polar surface area (TPSA) is 56.4 Å². The first-order valence-corrected chi connectivity index (χ1v) is 10.1. The van der Waals surface area contributed by atoms with Gasteiger partial charge in [0.25, 0.3) is 0 Å². The molecule has 28 heavy (non-hydrogen) atoms. The number of likely N-dealkylation sites (N-methyl/N-ethyl adjacent to an activating group) is 1. The molecule has 3 rings (SSSR count). The first-order valence-electron chi connectivity index (χ1n) is 10.1. The van der Waals surface area contributed by atoms with E-state index in [4.69, 9.17) is 11.1 Å². The molecule has 2 aromatic carbocycles. The van der Waals surface area contributed by atoms with E-state index in [-0.39, 0.29) is 12.1 Å². The van der Waals surface area contributed by atoms with Crippen LogP contribution in [0.15, 0.2) is 24.3 Å². The maximum absolute atomic E-state index is 8.67. The van der Waals surface area contributed by atoms with Crippen LogP contribution in [-0.2, 0) is 0 Å². The highest BCUT2D eigenvalue weighted by Gasteiger charge is 2.37. The SMILES string of the molecule is Cc1cc(C)c([C@H](N)[C@H](c2c(C)cc(C)cc2C)N2CCN(C)C2=N)c(C)c1. The van der Waals surface area contributed by atoms with Crippen LogP contribution in [0.1, 0.15) is 56.6 Å². The number of benzene rings is 2. The van der Waals surface area contributed by atoms with Crippen LogP contribution in [0.2, 0.25) is 0 Å². The van der Waals surface area contributed by atoms with E-state index in [2.05, 4.69) is 70.7 Å². The monoisotopic (exact) mass is 378 g/mol. The molecular formula is C24H34N4. The normalized spacial score (nSPS) is 16.6. The molecule has 0 amide bonds. The lowest BCUT2D eigenvalue weighted by Crippen LogP contribution is -2.40. The Morgan fingerprint density at radius 3 is 1.61 bits per heavy atom. The summed E-state index contributed by atoms with van der Waals surface area (Å²) in [4.78, 5) is 4.20. The Kier molecular flexibility index (Phi) is 5.53. The van der Waals surface area contributed by atoms with E-state index < -0.39 is 0 Å². The molecule has 0 saturated carbocycles. The summed E-state index contributed by atoms with van der Waals surface area (Å²) in [6.45, 7) is 14.6. The molecule has 4 heteroatoms. The molecule has 1 heterocycles. The molecule has 1 fully saturated rings. The summed E-state index contributed by atoms with van der Waals surface area (Å²) in [5.41, 5.74) is 17.0. The van der Waals surface area contributed by atoms with Crippen molar-refractivity contribution < 1.29 is 0 Å². The first-order chi connectivity index (χ1) is 13.1. The molecule has 1 aliphatic heterocycles. The van der Waals surface area contributed by atoms with Gasteiger partial charge in [0, 0.05) is 20.1 Å². The van der Waals surface area contributed by atoms with Gasteiger partial charge >= 0.3 is 0 Å². The molecule has 4 nitrogen and oxygen atoms in total. The second-order valence-corrected chi connectivity index (χ2v) is 8.53. The summed E-state index contributed by atoms with van der Waals surface area (Å²) < 4.78 is 0. The van der Waals surface area contributed by atoms with Gasteiger partial charge in [0.15, 0.2) is 5.96 Å². The quantitative estimate of drug-likeness (QED) is 0.826. The van der Waals surface area contributed by atoms with Crippen LogP contribution < -0.4 is 5.73 Å². The van der Waals surface area contributed by atoms with Crippen LogP contribution in [0, 0.1) is 47.0 Å². The zero-order valence-corrected chi connectivity index (χ0v) is 18.4. The number of nitrogens with two attached hydrogens (primary N) is 1. The highest BCUT2D eigenvalue weighted by atomic mass is 15.4. The molecular weight excluding hydrogens is 344 g/mol. The number of aryl methyl sites for hydroxylation is 6.